The molecule has 2 atom stereocenters. The largest absolute Gasteiger partial charge is 0.381 e. The fourth-order valence-electron chi connectivity index (χ4n) is 2.21. The fourth-order valence-corrected chi connectivity index (χ4v) is 4.98. The molecule has 0 saturated carbocycles. The Labute approximate surface area is 118 Å². The Morgan fingerprint density at radius 2 is 2.37 bits per heavy atom. The number of thiophene rings is 1. The Balaban J connectivity index is 2.10. The van der Waals surface area contributed by atoms with Gasteiger partial charge < -0.3 is 10.1 Å². The van der Waals surface area contributed by atoms with Crippen LogP contribution in [0.3, 0.4) is 0 Å². The van der Waals surface area contributed by atoms with Gasteiger partial charge in [-0.1, -0.05) is 0 Å². The van der Waals surface area contributed by atoms with Crippen LogP contribution in [0.25, 0.3) is 0 Å². The minimum atomic E-state index is -3.44. The first-order valence-corrected chi connectivity index (χ1v) is 8.72. The lowest BCUT2D eigenvalue weighted by Crippen LogP contribution is -2.38. The standard InChI is InChI=1S/C12H20N2O3S2/c1-9(10-3-5-17-8-10)14-19(15,16)12-4-6-18-11(12)7-13-2/h4,6,9-10,13-14H,3,5,7-8H2,1-2H3. The first kappa shape index (κ1) is 14.9. The zero-order valence-corrected chi connectivity index (χ0v) is 12.8. The lowest BCUT2D eigenvalue weighted by atomic mass is 10.0. The molecule has 0 amide bonds. The zero-order valence-electron chi connectivity index (χ0n) is 11.2. The fraction of sp³-hybridized carbons (Fsp3) is 0.667. The second-order valence-electron chi connectivity index (χ2n) is 4.77. The molecule has 0 aromatic carbocycles. The van der Waals surface area contributed by atoms with Gasteiger partial charge in [0.2, 0.25) is 10.0 Å². The van der Waals surface area contributed by atoms with Crippen LogP contribution in [-0.2, 0) is 21.3 Å². The number of hydrogen-bond acceptors (Lipinski definition) is 5. The van der Waals surface area contributed by atoms with Crippen molar-refractivity contribution in [3.05, 3.63) is 16.3 Å². The summed E-state index contributed by atoms with van der Waals surface area (Å²) in [4.78, 5) is 1.22. The molecule has 19 heavy (non-hydrogen) atoms. The van der Waals surface area contributed by atoms with Crippen LogP contribution >= 0.6 is 11.3 Å². The van der Waals surface area contributed by atoms with Gasteiger partial charge in [-0.15, -0.1) is 11.3 Å². The molecule has 1 aromatic heterocycles. The van der Waals surface area contributed by atoms with E-state index in [0.29, 0.717) is 18.0 Å². The van der Waals surface area contributed by atoms with Crippen molar-refractivity contribution >= 4 is 21.4 Å². The summed E-state index contributed by atoms with van der Waals surface area (Å²) >= 11 is 1.45. The summed E-state index contributed by atoms with van der Waals surface area (Å²) in [5.74, 6) is 0.265. The van der Waals surface area contributed by atoms with Crippen LogP contribution < -0.4 is 10.0 Å². The highest BCUT2D eigenvalue weighted by atomic mass is 32.2. The molecule has 7 heteroatoms. The van der Waals surface area contributed by atoms with Crippen LogP contribution in [0.15, 0.2) is 16.3 Å². The average molecular weight is 304 g/mol. The Bertz CT molecular complexity index is 507. The van der Waals surface area contributed by atoms with E-state index >= 15 is 0 Å². The van der Waals surface area contributed by atoms with Crippen molar-refractivity contribution in [2.24, 2.45) is 5.92 Å². The molecule has 0 aliphatic carbocycles. The van der Waals surface area contributed by atoms with E-state index in [0.717, 1.165) is 17.9 Å². The molecule has 1 aliphatic heterocycles. The van der Waals surface area contributed by atoms with Gasteiger partial charge in [0.25, 0.3) is 0 Å². The highest BCUT2D eigenvalue weighted by molar-refractivity contribution is 7.89. The third-order valence-corrected chi connectivity index (χ3v) is 6.04. The maximum Gasteiger partial charge on any atom is 0.241 e. The second kappa shape index (κ2) is 6.32. The molecule has 0 radical (unpaired) electrons. The number of rotatable bonds is 6. The predicted molar refractivity (Wildman–Crippen MR) is 75.8 cm³/mol. The number of sulfonamides is 1. The third kappa shape index (κ3) is 3.55. The SMILES string of the molecule is CNCc1sccc1S(=O)(=O)NC(C)C1CCOC1. The monoisotopic (exact) mass is 304 g/mol. The van der Waals surface area contributed by atoms with Crippen LogP contribution in [0.4, 0.5) is 0 Å². The van der Waals surface area contributed by atoms with Crippen molar-refractivity contribution < 1.29 is 13.2 Å². The molecule has 2 rings (SSSR count). The summed E-state index contributed by atoms with van der Waals surface area (Å²) < 4.78 is 32.8. The molecule has 0 spiro atoms. The summed E-state index contributed by atoms with van der Waals surface area (Å²) in [5, 5.41) is 4.80. The van der Waals surface area contributed by atoms with E-state index < -0.39 is 10.0 Å². The number of nitrogens with one attached hydrogen (secondary N) is 2. The van der Waals surface area contributed by atoms with Crippen molar-refractivity contribution in [1.82, 2.24) is 10.0 Å². The normalized spacial score (nSPS) is 21.7. The Hall–Kier alpha value is -0.470. The molecule has 1 saturated heterocycles. The van der Waals surface area contributed by atoms with E-state index in [1.807, 2.05) is 19.4 Å². The third-order valence-electron chi connectivity index (χ3n) is 3.34. The molecule has 5 nitrogen and oxygen atoms in total. The molecule has 2 heterocycles. The van der Waals surface area contributed by atoms with Gasteiger partial charge in [-0.2, -0.15) is 0 Å². The molecule has 2 N–H and O–H groups in total. The first-order valence-electron chi connectivity index (χ1n) is 6.35. The Kier molecular flexibility index (Phi) is 4.97. The van der Waals surface area contributed by atoms with Crippen LogP contribution in [0, 0.1) is 5.92 Å². The molecular weight excluding hydrogens is 284 g/mol. The first-order chi connectivity index (χ1) is 9.04. The van der Waals surface area contributed by atoms with Gasteiger partial charge in [-0.3, -0.25) is 0 Å². The Morgan fingerprint density at radius 3 is 3.00 bits per heavy atom. The second-order valence-corrected chi connectivity index (χ2v) is 7.46. The van der Waals surface area contributed by atoms with E-state index in [9.17, 15) is 8.42 Å². The minimum absolute atomic E-state index is 0.102. The molecule has 1 aliphatic rings. The van der Waals surface area contributed by atoms with E-state index in [2.05, 4.69) is 10.0 Å². The van der Waals surface area contributed by atoms with Gasteiger partial charge in [0.15, 0.2) is 0 Å². The molecule has 2 unspecified atom stereocenters. The van der Waals surface area contributed by atoms with E-state index in [4.69, 9.17) is 4.74 Å². The highest BCUT2D eigenvalue weighted by Gasteiger charge is 2.28. The Morgan fingerprint density at radius 1 is 1.58 bits per heavy atom. The summed E-state index contributed by atoms with van der Waals surface area (Å²) in [5.41, 5.74) is 0. The highest BCUT2D eigenvalue weighted by Crippen LogP contribution is 2.24. The smallest absolute Gasteiger partial charge is 0.241 e. The summed E-state index contributed by atoms with van der Waals surface area (Å²) in [7, 11) is -1.63. The van der Waals surface area contributed by atoms with Crippen molar-refractivity contribution in [2.45, 2.75) is 30.8 Å². The van der Waals surface area contributed by atoms with Crippen molar-refractivity contribution in [1.29, 1.82) is 0 Å². The number of ether oxygens (including phenoxy) is 1. The van der Waals surface area contributed by atoms with E-state index in [-0.39, 0.29) is 12.0 Å². The maximum absolute atomic E-state index is 12.4. The van der Waals surface area contributed by atoms with Crippen molar-refractivity contribution in [3.63, 3.8) is 0 Å². The topological polar surface area (TPSA) is 67.4 Å². The summed E-state index contributed by atoms with van der Waals surface area (Å²) in [6.45, 7) is 3.83. The van der Waals surface area contributed by atoms with Crippen molar-refractivity contribution in [2.75, 3.05) is 20.3 Å². The summed E-state index contributed by atoms with van der Waals surface area (Å²) in [6.07, 6.45) is 0.913. The van der Waals surface area contributed by atoms with Gasteiger partial charge in [0, 0.05) is 30.0 Å². The maximum atomic E-state index is 12.4. The lowest BCUT2D eigenvalue weighted by Gasteiger charge is -2.19. The predicted octanol–water partition coefficient (Wildman–Crippen LogP) is 1.17. The van der Waals surface area contributed by atoms with Gasteiger partial charge in [0.05, 0.1) is 11.5 Å². The summed E-state index contributed by atoms with van der Waals surface area (Å²) in [6, 6.07) is 1.56. The van der Waals surface area contributed by atoms with Gasteiger partial charge in [0.1, 0.15) is 0 Å². The molecule has 1 aromatic rings. The number of hydrogen-bond donors (Lipinski definition) is 2. The van der Waals surface area contributed by atoms with E-state index in [1.165, 1.54) is 11.3 Å². The zero-order chi connectivity index (χ0) is 13.9. The van der Waals surface area contributed by atoms with Crippen LogP contribution in [-0.4, -0.2) is 34.7 Å². The molecular formula is C12H20N2O3S2. The van der Waals surface area contributed by atoms with Gasteiger partial charge in [-0.25, -0.2) is 13.1 Å². The lowest BCUT2D eigenvalue weighted by molar-refractivity contribution is 0.180. The average Bonchev–Trinajstić information content (AvgIpc) is 2.99. The minimum Gasteiger partial charge on any atom is -0.381 e. The van der Waals surface area contributed by atoms with Crippen LogP contribution in [0.2, 0.25) is 0 Å². The quantitative estimate of drug-likeness (QED) is 0.828. The molecule has 1 fully saturated rings. The van der Waals surface area contributed by atoms with E-state index in [1.54, 1.807) is 6.07 Å². The van der Waals surface area contributed by atoms with Gasteiger partial charge in [-0.05, 0) is 31.8 Å². The molecule has 0 bridgehead atoms. The van der Waals surface area contributed by atoms with Gasteiger partial charge >= 0.3 is 0 Å². The van der Waals surface area contributed by atoms with Crippen LogP contribution in [0.5, 0.6) is 0 Å². The van der Waals surface area contributed by atoms with Crippen LogP contribution in [0.1, 0.15) is 18.2 Å². The van der Waals surface area contributed by atoms with Crippen molar-refractivity contribution in [3.8, 4) is 0 Å². The molecule has 108 valence electrons.